The van der Waals surface area contributed by atoms with E-state index in [1.807, 2.05) is 39.7 Å². The Balaban J connectivity index is 1.59. The molecular formula is C24H30ClN5O. The number of benzene rings is 1. The van der Waals surface area contributed by atoms with Gasteiger partial charge in [-0.3, -0.25) is 4.79 Å². The summed E-state index contributed by atoms with van der Waals surface area (Å²) in [4.78, 5) is 22.2. The maximum Gasteiger partial charge on any atom is 0.257 e. The van der Waals surface area contributed by atoms with Crippen LogP contribution in [-0.4, -0.2) is 51.6 Å². The number of aromatic nitrogens is 3. The first-order chi connectivity index (χ1) is 14.8. The number of carbonyl (C=O) groups is 1. The highest BCUT2D eigenvalue weighted by Crippen LogP contribution is 2.27. The van der Waals surface area contributed by atoms with Crippen LogP contribution in [0.5, 0.6) is 0 Å². The summed E-state index contributed by atoms with van der Waals surface area (Å²) in [7, 11) is 0. The highest BCUT2D eigenvalue weighted by atomic mass is 35.5. The van der Waals surface area contributed by atoms with Gasteiger partial charge in [0.05, 0.1) is 27.7 Å². The fraction of sp³-hybridized carbons (Fsp3) is 0.458. The van der Waals surface area contributed by atoms with Gasteiger partial charge in [-0.25, -0.2) is 9.50 Å². The van der Waals surface area contributed by atoms with E-state index in [0.717, 1.165) is 53.7 Å². The second-order valence-corrected chi connectivity index (χ2v) is 9.56. The zero-order valence-electron chi connectivity index (χ0n) is 18.7. The summed E-state index contributed by atoms with van der Waals surface area (Å²) in [6, 6.07) is 9.89. The Morgan fingerprint density at radius 1 is 1.13 bits per heavy atom. The van der Waals surface area contributed by atoms with E-state index in [1.54, 1.807) is 6.20 Å². The molecule has 1 aliphatic rings. The Bertz CT molecular complexity index is 1090. The molecule has 3 aromatic rings. The minimum absolute atomic E-state index is 0.0319. The molecule has 0 radical (unpaired) electrons. The number of para-hydroxylation sites is 1. The molecule has 0 unspecified atom stereocenters. The highest BCUT2D eigenvalue weighted by Gasteiger charge is 2.27. The lowest BCUT2D eigenvalue weighted by Gasteiger charge is -2.36. The number of piperazine rings is 1. The molecule has 0 saturated carbocycles. The molecule has 1 saturated heterocycles. The minimum Gasteiger partial charge on any atom is -0.367 e. The third-order valence-electron chi connectivity index (χ3n) is 5.83. The van der Waals surface area contributed by atoms with Crippen LogP contribution in [0.3, 0.4) is 0 Å². The Morgan fingerprint density at radius 2 is 1.84 bits per heavy atom. The molecule has 2 aromatic heterocycles. The molecule has 0 aliphatic carbocycles. The van der Waals surface area contributed by atoms with Crippen LogP contribution in [0.4, 0.5) is 5.69 Å². The molecule has 164 valence electrons. The molecule has 1 aliphatic heterocycles. The fourth-order valence-corrected chi connectivity index (χ4v) is 4.29. The SMILES string of the molecule is CCCc1c(C(=O)N2CCN(c3ccccc3Cl)CC2)cnc2cc(C(C)(C)C)nn12. The van der Waals surface area contributed by atoms with Crippen molar-refractivity contribution in [2.24, 2.45) is 0 Å². The molecule has 1 aromatic carbocycles. The molecule has 3 heterocycles. The molecule has 1 fully saturated rings. The van der Waals surface area contributed by atoms with Crippen LogP contribution in [0.25, 0.3) is 5.65 Å². The van der Waals surface area contributed by atoms with Crippen LogP contribution in [0.1, 0.15) is 55.9 Å². The van der Waals surface area contributed by atoms with Gasteiger partial charge in [0.1, 0.15) is 0 Å². The number of nitrogens with zero attached hydrogens (tertiary/aromatic N) is 5. The number of anilines is 1. The van der Waals surface area contributed by atoms with Gasteiger partial charge in [-0.1, -0.05) is 57.8 Å². The lowest BCUT2D eigenvalue weighted by atomic mass is 9.93. The Hall–Kier alpha value is -2.60. The third kappa shape index (κ3) is 4.26. The van der Waals surface area contributed by atoms with Crippen LogP contribution in [0.15, 0.2) is 36.5 Å². The molecule has 1 amide bonds. The smallest absolute Gasteiger partial charge is 0.257 e. The first kappa shape index (κ1) is 21.6. The van der Waals surface area contributed by atoms with Gasteiger partial charge in [0, 0.05) is 43.9 Å². The predicted molar refractivity (Wildman–Crippen MR) is 125 cm³/mol. The quantitative estimate of drug-likeness (QED) is 0.596. The van der Waals surface area contributed by atoms with E-state index in [9.17, 15) is 4.79 Å². The van der Waals surface area contributed by atoms with Crippen molar-refractivity contribution >= 4 is 28.8 Å². The standard InChI is InChI=1S/C24H30ClN5O/c1-5-8-19-17(16-26-22-15-21(24(2,3)4)27-30(19)22)23(31)29-13-11-28(12-14-29)20-10-7-6-9-18(20)25/h6-7,9-10,15-16H,5,8,11-14H2,1-4H3. The van der Waals surface area contributed by atoms with Crippen LogP contribution >= 0.6 is 11.6 Å². The normalized spacial score (nSPS) is 15.0. The lowest BCUT2D eigenvalue weighted by molar-refractivity contribution is 0.0744. The summed E-state index contributed by atoms with van der Waals surface area (Å²) in [5.74, 6) is 0.0319. The molecule has 4 rings (SSSR count). The Labute approximate surface area is 188 Å². The molecular weight excluding hydrogens is 410 g/mol. The van der Waals surface area contributed by atoms with Crippen LogP contribution in [-0.2, 0) is 11.8 Å². The third-order valence-corrected chi connectivity index (χ3v) is 6.15. The molecule has 0 atom stereocenters. The van der Waals surface area contributed by atoms with E-state index in [0.29, 0.717) is 18.7 Å². The molecule has 6 nitrogen and oxygen atoms in total. The Kier molecular flexibility index (Phi) is 5.93. The predicted octanol–water partition coefficient (Wildman–Crippen LogP) is 4.60. The summed E-state index contributed by atoms with van der Waals surface area (Å²) >= 11 is 6.36. The topological polar surface area (TPSA) is 53.7 Å². The van der Waals surface area contributed by atoms with Gasteiger partial charge >= 0.3 is 0 Å². The van der Waals surface area contributed by atoms with Crippen molar-refractivity contribution in [1.29, 1.82) is 0 Å². The summed E-state index contributed by atoms with van der Waals surface area (Å²) in [6.07, 6.45) is 3.45. The second-order valence-electron chi connectivity index (χ2n) is 9.15. The van der Waals surface area contributed by atoms with E-state index in [1.165, 1.54) is 0 Å². The van der Waals surface area contributed by atoms with Gasteiger partial charge in [0.2, 0.25) is 0 Å². The van der Waals surface area contributed by atoms with Crippen molar-refractivity contribution in [3.8, 4) is 0 Å². The fourth-order valence-electron chi connectivity index (χ4n) is 4.03. The van der Waals surface area contributed by atoms with Crippen molar-refractivity contribution in [1.82, 2.24) is 19.5 Å². The van der Waals surface area contributed by atoms with Gasteiger partial charge in [0.15, 0.2) is 5.65 Å². The van der Waals surface area contributed by atoms with Crippen molar-refractivity contribution < 1.29 is 4.79 Å². The second kappa shape index (κ2) is 8.50. The van der Waals surface area contributed by atoms with Crippen molar-refractivity contribution in [3.05, 3.63) is 58.5 Å². The number of fused-ring (bicyclic) bond motifs is 1. The molecule has 0 spiro atoms. The number of hydrogen-bond donors (Lipinski definition) is 0. The highest BCUT2D eigenvalue weighted by molar-refractivity contribution is 6.33. The molecule has 31 heavy (non-hydrogen) atoms. The number of rotatable bonds is 4. The summed E-state index contributed by atoms with van der Waals surface area (Å²) in [5, 5.41) is 5.56. The largest absolute Gasteiger partial charge is 0.367 e. The summed E-state index contributed by atoms with van der Waals surface area (Å²) in [5.41, 5.74) is 4.34. The van der Waals surface area contributed by atoms with Crippen LogP contribution < -0.4 is 4.90 Å². The first-order valence-electron chi connectivity index (χ1n) is 11.0. The van der Waals surface area contributed by atoms with Gasteiger partial charge in [-0.15, -0.1) is 0 Å². The van der Waals surface area contributed by atoms with E-state index in [2.05, 4.69) is 37.6 Å². The zero-order valence-corrected chi connectivity index (χ0v) is 19.5. The maximum absolute atomic E-state index is 13.5. The average molecular weight is 440 g/mol. The number of amides is 1. The molecule has 0 bridgehead atoms. The van der Waals surface area contributed by atoms with Gasteiger partial charge in [-0.05, 0) is 18.6 Å². The molecule has 7 heteroatoms. The zero-order chi connectivity index (χ0) is 22.2. The number of halogens is 1. The number of carbonyl (C=O) groups excluding carboxylic acids is 1. The van der Waals surface area contributed by atoms with E-state index in [-0.39, 0.29) is 11.3 Å². The Morgan fingerprint density at radius 3 is 2.48 bits per heavy atom. The summed E-state index contributed by atoms with van der Waals surface area (Å²) < 4.78 is 1.87. The van der Waals surface area contributed by atoms with E-state index >= 15 is 0 Å². The van der Waals surface area contributed by atoms with E-state index in [4.69, 9.17) is 16.7 Å². The first-order valence-corrected chi connectivity index (χ1v) is 11.3. The van der Waals surface area contributed by atoms with Crippen LogP contribution in [0, 0.1) is 0 Å². The van der Waals surface area contributed by atoms with Crippen molar-refractivity contribution in [2.45, 2.75) is 46.0 Å². The lowest BCUT2D eigenvalue weighted by Crippen LogP contribution is -2.49. The van der Waals surface area contributed by atoms with Gasteiger partial charge in [0.25, 0.3) is 5.91 Å². The monoisotopic (exact) mass is 439 g/mol. The maximum atomic E-state index is 13.5. The number of hydrogen-bond acceptors (Lipinski definition) is 4. The summed E-state index contributed by atoms with van der Waals surface area (Å²) in [6.45, 7) is 11.3. The van der Waals surface area contributed by atoms with Crippen molar-refractivity contribution in [2.75, 3.05) is 31.1 Å². The van der Waals surface area contributed by atoms with Crippen molar-refractivity contribution in [3.63, 3.8) is 0 Å². The van der Waals surface area contributed by atoms with E-state index < -0.39 is 0 Å². The number of aryl methyl sites for hydroxylation is 1. The average Bonchev–Trinajstić information content (AvgIpc) is 3.20. The minimum atomic E-state index is -0.0730. The van der Waals surface area contributed by atoms with Crippen LogP contribution in [0.2, 0.25) is 5.02 Å². The molecule has 0 N–H and O–H groups in total. The van der Waals surface area contributed by atoms with Gasteiger partial charge in [-0.2, -0.15) is 5.10 Å². The van der Waals surface area contributed by atoms with Gasteiger partial charge < -0.3 is 9.80 Å².